The van der Waals surface area contributed by atoms with Gasteiger partial charge in [0, 0.05) is 88.0 Å². The molecule has 256 valence electrons. The van der Waals surface area contributed by atoms with Gasteiger partial charge in [0.05, 0.1) is 34.2 Å². The van der Waals surface area contributed by atoms with Gasteiger partial charge in [-0.25, -0.2) is 4.98 Å². The second-order valence-electron chi connectivity index (χ2n) is 12.8. The van der Waals surface area contributed by atoms with Crippen LogP contribution in [-0.4, -0.2) is 102 Å². The Hall–Kier alpha value is -3.39. The first-order chi connectivity index (χ1) is 23.2. The van der Waals surface area contributed by atoms with Gasteiger partial charge in [-0.2, -0.15) is 4.98 Å². The molecule has 0 aliphatic carbocycles. The van der Waals surface area contributed by atoms with Crippen molar-refractivity contribution in [1.29, 1.82) is 0 Å². The van der Waals surface area contributed by atoms with Crippen LogP contribution in [0.4, 0.5) is 34.5 Å². The average molecular weight is 736 g/mol. The fourth-order valence-electron chi connectivity index (χ4n) is 6.69. The molecule has 2 aromatic heterocycles. The maximum Gasteiger partial charge on any atom is 0.229 e. The highest BCUT2D eigenvalue weighted by Crippen LogP contribution is 2.40. The van der Waals surface area contributed by atoms with Gasteiger partial charge in [-0.3, -0.25) is 14.9 Å². The molecule has 0 amide bonds. The molecule has 2 N–H and O–H groups in total. The molecule has 0 saturated carbocycles. The fourth-order valence-corrected chi connectivity index (χ4v) is 7.90. The fraction of sp³-hybridized carbons (Fsp3) is 0.486. The predicted molar refractivity (Wildman–Crippen MR) is 204 cm³/mol. The summed E-state index contributed by atoms with van der Waals surface area (Å²) in [6.45, 7) is 13.4. The summed E-state index contributed by atoms with van der Waals surface area (Å²) in [6, 6.07) is 9.05. The number of benzene rings is 2. The second kappa shape index (κ2) is 15.4. The lowest BCUT2D eigenvalue weighted by Gasteiger charge is -2.43. The molecule has 0 unspecified atom stereocenters. The zero-order valence-corrected chi connectivity index (χ0v) is 31.2. The first-order valence-corrected chi connectivity index (χ1v) is 18.5. The van der Waals surface area contributed by atoms with Crippen molar-refractivity contribution >= 4 is 73.4 Å². The smallest absolute Gasteiger partial charge is 0.229 e. The van der Waals surface area contributed by atoms with Gasteiger partial charge in [0.1, 0.15) is 17.1 Å². The Bertz CT molecular complexity index is 1710. The lowest BCUT2D eigenvalue weighted by Crippen LogP contribution is -2.52. The highest BCUT2D eigenvalue weighted by molar-refractivity contribution is 9.10. The van der Waals surface area contributed by atoms with Crippen LogP contribution in [0.25, 0.3) is 11.0 Å². The quantitative estimate of drug-likeness (QED) is 0.156. The Balaban J connectivity index is 1.22. The highest BCUT2D eigenvalue weighted by Gasteiger charge is 2.28. The minimum Gasteiger partial charge on any atom is -0.494 e. The molecular formula is C35H47BrN10OS. The molecule has 6 rings (SSSR count). The van der Waals surface area contributed by atoms with Crippen LogP contribution in [0.1, 0.15) is 39.2 Å². The third-order valence-electron chi connectivity index (χ3n) is 9.18. The van der Waals surface area contributed by atoms with Gasteiger partial charge in [-0.15, -0.1) is 0 Å². The Morgan fingerprint density at radius 2 is 1.75 bits per heavy atom. The van der Waals surface area contributed by atoms with Crippen molar-refractivity contribution in [3.8, 4) is 5.75 Å². The maximum absolute atomic E-state index is 5.94. The largest absolute Gasteiger partial charge is 0.494 e. The van der Waals surface area contributed by atoms with Crippen LogP contribution in [-0.2, 0) is 6.42 Å². The summed E-state index contributed by atoms with van der Waals surface area (Å²) >= 11 is 5.39. The topological polar surface area (TPSA) is 97.8 Å². The molecular weight excluding hydrogens is 688 g/mol. The van der Waals surface area contributed by atoms with E-state index in [0.717, 1.165) is 57.8 Å². The number of hydrogen-bond acceptors (Lipinski definition) is 12. The number of halogens is 1. The van der Waals surface area contributed by atoms with E-state index >= 15 is 0 Å². The third-order valence-corrected chi connectivity index (χ3v) is 10.7. The molecule has 2 aromatic carbocycles. The van der Waals surface area contributed by atoms with Crippen LogP contribution in [0, 0.1) is 0 Å². The summed E-state index contributed by atoms with van der Waals surface area (Å²) in [5.74, 6) is 1.87. The van der Waals surface area contributed by atoms with Crippen LogP contribution in [0.15, 0.2) is 47.3 Å². The number of aryl methyl sites for hydroxylation is 1. The number of rotatable bonds is 11. The van der Waals surface area contributed by atoms with Crippen LogP contribution in [0.3, 0.4) is 0 Å². The number of piperazine rings is 1. The Kier molecular flexibility index (Phi) is 11.1. The third kappa shape index (κ3) is 7.74. The molecule has 0 radical (unpaired) electrons. The summed E-state index contributed by atoms with van der Waals surface area (Å²) < 4.78 is 8.82. The molecule has 11 nitrogen and oxygen atoms in total. The van der Waals surface area contributed by atoms with E-state index in [9.17, 15) is 0 Å². The highest BCUT2D eigenvalue weighted by atomic mass is 79.9. The molecule has 0 bridgehead atoms. The Morgan fingerprint density at radius 3 is 2.46 bits per heavy atom. The summed E-state index contributed by atoms with van der Waals surface area (Å²) in [6.07, 6.45) is 8.50. The van der Waals surface area contributed by atoms with Crippen LogP contribution in [0.2, 0.25) is 0 Å². The normalized spacial score (nSPS) is 16.5. The average Bonchev–Trinajstić information content (AvgIpc) is 3.09. The number of ether oxygens (including phenoxy) is 1. The molecule has 2 saturated heterocycles. The summed E-state index contributed by atoms with van der Waals surface area (Å²) in [4.78, 5) is 26.4. The number of piperidine rings is 1. The first-order valence-electron chi connectivity index (χ1n) is 16.8. The van der Waals surface area contributed by atoms with E-state index in [-0.39, 0.29) is 0 Å². The van der Waals surface area contributed by atoms with Gasteiger partial charge in [0.25, 0.3) is 0 Å². The van der Waals surface area contributed by atoms with E-state index in [2.05, 4.69) is 108 Å². The van der Waals surface area contributed by atoms with Crippen molar-refractivity contribution in [3.63, 3.8) is 0 Å². The first kappa shape index (κ1) is 34.5. The van der Waals surface area contributed by atoms with Gasteiger partial charge in [-0.05, 0) is 78.0 Å². The monoisotopic (exact) mass is 734 g/mol. The summed E-state index contributed by atoms with van der Waals surface area (Å²) in [5.41, 5.74) is 6.84. The number of aromatic nitrogens is 4. The van der Waals surface area contributed by atoms with E-state index in [1.165, 1.54) is 50.3 Å². The van der Waals surface area contributed by atoms with Gasteiger partial charge < -0.3 is 29.5 Å². The minimum atomic E-state index is 0.389. The number of hydrogen-bond donors (Lipinski definition) is 2. The lowest BCUT2D eigenvalue weighted by molar-refractivity contribution is 0.0982. The SMILES string of the molecule is CCc1cc(Nc2ncc(Br)c(Nc3ccc4nccnc4c3N(C)SC(C)C)n2)c(OC)cc1N1CCC(N2CCN(C)CC2)CC1. The number of methoxy groups -OCH3 is 1. The predicted octanol–water partition coefficient (Wildman–Crippen LogP) is 6.95. The Morgan fingerprint density at radius 1 is 1.00 bits per heavy atom. The Labute approximate surface area is 297 Å². The van der Waals surface area contributed by atoms with Crippen molar-refractivity contribution < 1.29 is 4.74 Å². The van der Waals surface area contributed by atoms with Crippen LogP contribution < -0.4 is 24.6 Å². The van der Waals surface area contributed by atoms with Gasteiger partial charge in [-0.1, -0.05) is 20.8 Å². The number of likely N-dealkylation sites (N-methyl/N-ethyl adjacent to an activating group) is 1. The maximum atomic E-state index is 5.94. The molecule has 48 heavy (non-hydrogen) atoms. The molecule has 0 spiro atoms. The molecule has 2 fully saturated rings. The minimum absolute atomic E-state index is 0.389. The second-order valence-corrected chi connectivity index (χ2v) is 15.3. The van der Waals surface area contributed by atoms with E-state index in [1.807, 2.05) is 12.1 Å². The van der Waals surface area contributed by atoms with Crippen molar-refractivity contribution in [2.45, 2.75) is 51.3 Å². The van der Waals surface area contributed by atoms with Gasteiger partial charge >= 0.3 is 0 Å². The molecule has 4 aromatic rings. The van der Waals surface area contributed by atoms with E-state index in [1.54, 1.807) is 37.6 Å². The van der Waals surface area contributed by atoms with Crippen molar-refractivity contribution in [2.24, 2.45) is 0 Å². The van der Waals surface area contributed by atoms with Crippen molar-refractivity contribution in [3.05, 3.63) is 52.9 Å². The van der Waals surface area contributed by atoms with Gasteiger partial charge in [0.15, 0.2) is 0 Å². The molecule has 2 aliphatic rings. The summed E-state index contributed by atoms with van der Waals surface area (Å²) in [5, 5.41) is 7.38. The molecule has 13 heteroatoms. The number of nitrogens with zero attached hydrogens (tertiary/aromatic N) is 8. The van der Waals surface area contributed by atoms with Crippen LogP contribution >= 0.6 is 27.9 Å². The van der Waals surface area contributed by atoms with Gasteiger partial charge in [0.2, 0.25) is 5.95 Å². The zero-order chi connectivity index (χ0) is 33.8. The van der Waals surface area contributed by atoms with Crippen LogP contribution in [0.5, 0.6) is 5.75 Å². The van der Waals surface area contributed by atoms with E-state index in [4.69, 9.17) is 9.72 Å². The number of fused-ring (bicyclic) bond motifs is 1. The molecule has 0 atom stereocenters. The number of anilines is 6. The van der Waals surface area contributed by atoms with Crippen molar-refractivity contribution in [2.75, 3.05) is 80.3 Å². The van der Waals surface area contributed by atoms with E-state index < -0.39 is 0 Å². The molecule has 4 heterocycles. The summed E-state index contributed by atoms with van der Waals surface area (Å²) in [7, 11) is 6.00. The lowest BCUT2D eigenvalue weighted by atomic mass is 9.99. The molecule has 2 aliphatic heterocycles. The number of nitrogens with one attached hydrogen (secondary N) is 2. The zero-order valence-electron chi connectivity index (χ0n) is 28.8. The standard InChI is InChI=1S/C35H47BrN10OS/c1-7-24-20-29(31(47-6)21-30(24)46-14-10-25(11-15-46)45-18-16-43(4)17-19-45)41-35-39-22-26(36)34(42-35)40-28-9-8-27-32(38-13-12-37-27)33(28)44(5)48-23(2)3/h8-9,12-13,20-23,25H,7,10-11,14-19H2,1-6H3,(H2,39,40,41,42). The van der Waals surface area contributed by atoms with E-state index in [0.29, 0.717) is 23.1 Å². The van der Waals surface area contributed by atoms with Crippen molar-refractivity contribution in [1.82, 2.24) is 29.7 Å².